The maximum absolute atomic E-state index is 11.1. The van der Waals surface area contributed by atoms with E-state index in [1.54, 1.807) is 0 Å². The summed E-state index contributed by atoms with van der Waals surface area (Å²) in [7, 11) is 1.16. The minimum Gasteiger partial charge on any atom is -0.464 e. The predicted molar refractivity (Wildman–Crippen MR) is 68.5 cm³/mol. The number of rotatable bonds is 5. The summed E-state index contributed by atoms with van der Waals surface area (Å²) in [6, 6.07) is 3.01. The minimum absolute atomic E-state index is 0.0554. The van der Waals surface area contributed by atoms with E-state index in [9.17, 15) is 25.0 Å². The van der Waals surface area contributed by atoms with Crippen molar-refractivity contribution < 1.29 is 19.4 Å². The molecular weight excluding hydrogens is 272 g/mol. The number of esters is 1. The fourth-order valence-electron chi connectivity index (χ4n) is 1.22. The monoisotopic (exact) mass is 282 g/mol. The van der Waals surface area contributed by atoms with E-state index in [1.807, 2.05) is 0 Å². The molecule has 0 bridgehead atoms. The molecule has 1 aromatic rings. The molecule has 20 heavy (non-hydrogen) atoms. The number of hydrogen-bond acceptors (Lipinski definition) is 8. The number of carbonyl (C=O) groups is 1. The quantitative estimate of drug-likeness (QED) is 0.373. The summed E-state index contributed by atoms with van der Waals surface area (Å²) in [4.78, 5) is 30.9. The van der Waals surface area contributed by atoms with Gasteiger partial charge in [0.1, 0.15) is 11.4 Å². The van der Waals surface area contributed by atoms with Gasteiger partial charge in [-0.05, 0) is 13.0 Å². The molecule has 0 spiro atoms. The van der Waals surface area contributed by atoms with Crippen LogP contribution in [0.5, 0.6) is 0 Å². The average molecular weight is 282 g/mol. The van der Waals surface area contributed by atoms with Gasteiger partial charge in [-0.3, -0.25) is 25.7 Å². The van der Waals surface area contributed by atoms with Crippen LogP contribution in [0.4, 0.5) is 17.1 Å². The summed E-state index contributed by atoms with van der Waals surface area (Å²) in [5, 5.41) is 25.0. The third-order valence-electron chi connectivity index (χ3n) is 2.21. The number of nitro benzene ring substituents is 2. The molecule has 0 aliphatic rings. The van der Waals surface area contributed by atoms with Crippen LogP contribution in [0.3, 0.4) is 0 Å². The van der Waals surface area contributed by atoms with Gasteiger partial charge >= 0.3 is 11.7 Å². The lowest BCUT2D eigenvalue weighted by Crippen LogP contribution is -2.13. The molecule has 0 atom stereocenters. The number of carbonyl (C=O) groups excluding carboxylic acids is 1. The van der Waals surface area contributed by atoms with Gasteiger partial charge in [0.2, 0.25) is 0 Å². The van der Waals surface area contributed by atoms with E-state index in [1.165, 1.54) is 6.92 Å². The van der Waals surface area contributed by atoms with Crippen molar-refractivity contribution in [2.45, 2.75) is 6.92 Å². The maximum atomic E-state index is 11.1. The van der Waals surface area contributed by atoms with Gasteiger partial charge in [-0.1, -0.05) is 0 Å². The van der Waals surface area contributed by atoms with Crippen LogP contribution in [0.15, 0.2) is 23.3 Å². The lowest BCUT2D eigenvalue weighted by Gasteiger charge is -2.03. The van der Waals surface area contributed by atoms with Crippen molar-refractivity contribution >= 4 is 28.7 Å². The molecule has 1 N–H and O–H groups in total. The van der Waals surface area contributed by atoms with Crippen molar-refractivity contribution in [1.82, 2.24) is 0 Å². The molecule has 1 rings (SSSR count). The van der Waals surface area contributed by atoms with Crippen LogP contribution in [0.25, 0.3) is 0 Å². The second kappa shape index (κ2) is 6.22. The van der Waals surface area contributed by atoms with Crippen LogP contribution >= 0.6 is 0 Å². The Hall–Kier alpha value is -3.04. The van der Waals surface area contributed by atoms with Gasteiger partial charge in [0.25, 0.3) is 5.69 Å². The highest BCUT2D eigenvalue weighted by atomic mass is 16.6. The van der Waals surface area contributed by atoms with E-state index < -0.39 is 27.2 Å². The van der Waals surface area contributed by atoms with Crippen LogP contribution in [0.2, 0.25) is 0 Å². The minimum atomic E-state index is -0.793. The third kappa shape index (κ3) is 3.48. The molecule has 0 radical (unpaired) electrons. The molecular formula is C10H10N4O6. The van der Waals surface area contributed by atoms with E-state index in [0.717, 1.165) is 25.3 Å². The lowest BCUT2D eigenvalue weighted by molar-refractivity contribution is -0.393. The van der Waals surface area contributed by atoms with Gasteiger partial charge in [0.15, 0.2) is 0 Å². The Balaban J connectivity index is 3.10. The molecule has 0 aliphatic carbocycles. The number of methoxy groups -OCH3 is 1. The fourth-order valence-corrected chi connectivity index (χ4v) is 1.22. The number of benzene rings is 1. The molecule has 0 amide bonds. The molecule has 0 unspecified atom stereocenters. The standard InChI is InChI=1S/C10H10N4O6/c1-6(10(15)20-2)11-12-8-4-3-7(13(16)17)5-9(8)14(18)19/h3-5,12H,1-2H3. The summed E-state index contributed by atoms with van der Waals surface area (Å²) in [5.41, 5.74) is 1.22. The van der Waals surface area contributed by atoms with E-state index in [2.05, 4.69) is 15.3 Å². The zero-order valence-electron chi connectivity index (χ0n) is 10.5. The SMILES string of the molecule is COC(=O)C(C)=NNc1ccc([N+](=O)[O-])cc1[N+](=O)[O-]. The third-order valence-corrected chi connectivity index (χ3v) is 2.21. The number of non-ortho nitro benzene ring substituents is 1. The smallest absolute Gasteiger partial charge is 0.353 e. The average Bonchev–Trinajstić information content (AvgIpc) is 2.43. The molecule has 0 saturated carbocycles. The first-order chi connectivity index (χ1) is 9.36. The van der Waals surface area contributed by atoms with Crippen molar-refractivity contribution in [3.63, 3.8) is 0 Å². The highest BCUT2D eigenvalue weighted by Crippen LogP contribution is 2.28. The van der Waals surface area contributed by atoms with Gasteiger partial charge in [-0.15, -0.1) is 0 Å². The number of nitrogens with zero attached hydrogens (tertiary/aromatic N) is 3. The second-order valence-corrected chi connectivity index (χ2v) is 3.52. The number of nitrogens with one attached hydrogen (secondary N) is 1. The first-order valence-corrected chi connectivity index (χ1v) is 5.18. The van der Waals surface area contributed by atoms with Crippen LogP contribution in [0, 0.1) is 20.2 Å². The van der Waals surface area contributed by atoms with E-state index in [-0.39, 0.29) is 11.4 Å². The van der Waals surface area contributed by atoms with Crippen molar-refractivity contribution in [2.75, 3.05) is 12.5 Å². The normalized spacial score (nSPS) is 10.8. The summed E-state index contributed by atoms with van der Waals surface area (Å²) in [5.74, 6) is -0.706. The summed E-state index contributed by atoms with van der Waals surface area (Å²) in [6.07, 6.45) is 0. The molecule has 10 heteroatoms. The Bertz CT molecular complexity index is 597. The first-order valence-electron chi connectivity index (χ1n) is 5.18. The lowest BCUT2D eigenvalue weighted by atomic mass is 10.2. The Kier molecular flexibility index (Phi) is 4.67. The molecule has 106 valence electrons. The van der Waals surface area contributed by atoms with Crippen molar-refractivity contribution in [1.29, 1.82) is 0 Å². The number of nitro groups is 2. The van der Waals surface area contributed by atoms with Crippen LogP contribution in [-0.2, 0) is 9.53 Å². The molecule has 0 fully saturated rings. The molecule has 0 aromatic heterocycles. The zero-order valence-corrected chi connectivity index (χ0v) is 10.5. The molecule has 0 aliphatic heterocycles. The Morgan fingerprint density at radius 1 is 1.30 bits per heavy atom. The number of hydrazone groups is 1. The van der Waals surface area contributed by atoms with Gasteiger partial charge in [-0.2, -0.15) is 5.10 Å². The second-order valence-electron chi connectivity index (χ2n) is 3.52. The van der Waals surface area contributed by atoms with E-state index in [0.29, 0.717) is 0 Å². The zero-order chi connectivity index (χ0) is 15.3. The van der Waals surface area contributed by atoms with Gasteiger partial charge in [0, 0.05) is 6.07 Å². The summed E-state index contributed by atoms with van der Waals surface area (Å²) in [6.45, 7) is 1.34. The number of anilines is 1. The highest BCUT2D eigenvalue weighted by molar-refractivity contribution is 6.35. The van der Waals surface area contributed by atoms with Gasteiger partial charge in [-0.25, -0.2) is 4.79 Å². The van der Waals surface area contributed by atoms with Gasteiger partial charge < -0.3 is 4.74 Å². The summed E-state index contributed by atoms with van der Waals surface area (Å²) < 4.78 is 4.40. The van der Waals surface area contributed by atoms with Crippen LogP contribution < -0.4 is 5.43 Å². The van der Waals surface area contributed by atoms with Crippen molar-refractivity contribution in [3.05, 3.63) is 38.4 Å². The van der Waals surface area contributed by atoms with Crippen LogP contribution in [-0.4, -0.2) is 28.6 Å². The topological polar surface area (TPSA) is 137 Å². The first kappa shape index (κ1) is 15.0. The largest absolute Gasteiger partial charge is 0.464 e. The number of ether oxygens (including phenoxy) is 1. The Morgan fingerprint density at radius 3 is 2.45 bits per heavy atom. The Morgan fingerprint density at radius 2 is 1.95 bits per heavy atom. The predicted octanol–water partition coefficient (Wildman–Crippen LogP) is 1.46. The van der Waals surface area contributed by atoms with Crippen LogP contribution in [0.1, 0.15) is 6.92 Å². The molecule has 0 heterocycles. The van der Waals surface area contributed by atoms with Gasteiger partial charge in [0.05, 0.1) is 23.0 Å². The highest BCUT2D eigenvalue weighted by Gasteiger charge is 2.19. The fraction of sp³-hybridized carbons (Fsp3) is 0.200. The van der Waals surface area contributed by atoms with E-state index in [4.69, 9.17) is 0 Å². The molecule has 10 nitrogen and oxygen atoms in total. The summed E-state index contributed by atoms with van der Waals surface area (Å²) >= 11 is 0. The maximum Gasteiger partial charge on any atom is 0.353 e. The van der Waals surface area contributed by atoms with Crippen molar-refractivity contribution in [3.8, 4) is 0 Å². The van der Waals surface area contributed by atoms with Crippen molar-refractivity contribution in [2.24, 2.45) is 5.10 Å². The number of hydrogen-bond donors (Lipinski definition) is 1. The Labute approximate surface area is 112 Å². The van der Waals surface area contributed by atoms with E-state index >= 15 is 0 Å². The molecule has 1 aromatic carbocycles. The molecule has 0 saturated heterocycles.